The monoisotopic (exact) mass is 171 g/mol. The molecule has 3 heteroatoms. The van der Waals surface area contributed by atoms with E-state index in [2.05, 4.69) is 0 Å². The smallest absolute Gasteiger partial charge is 0.160 e. The van der Waals surface area contributed by atoms with Crippen LogP contribution in [0.4, 0.5) is 5.69 Å². The van der Waals surface area contributed by atoms with Crippen LogP contribution in [-0.2, 0) is 0 Å². The first-order valence-electron chi connectivity index (χ1n) is 3.25. The summed E-state index contributed by atoms with van der Waals surface area (Å²) in [4.78, 5) is 0. The molecule has 0 aliphatic rings. The minimum absolute atomic E-state index is 0.562. The van der Waals surface area contributed by atoms with Crippen LogP contribution >= 0.6 is 11.6 Å². The summed E-state index contributed by atoms with van der Waals surface area (Å²) in [6.45, 7) is 1.91. The van der Waals surface area contributed by atoms with Crippen molar-refractivity contribution in [3.8, 4) is 5.75 Å². The van der Waals surface area contributed by atoms with Gasteiger partial charge in [-0.3, -0.25) is 0 Å². The maximum atomic E-state index is 5.89. The molecule has 0 aliphatic carbocycles. The Morgan fingerprint density at radius 3 is 2.55 bits per heavy atom. The van der Waals surface area contributed by atoms with Gasteiger partial charge in [0.05, 0.1) is 17.8 Å². The lowest BCUT2D eigenvalue weighted by Crippen LogP contribution is -1.93. The van der Waals surface area contributed by atoms with Crippen LogP contribution in [0.5, 0.6) is 5.75 Å². The zero-order chi connectivity index (χ0) is 8.43. The van der Waals surface area contributed by atoms with Gasteiger partial charge in [-0.15, -0.1) is 0 Å². The van der Waals surface area contributed by atoms with E-state index in [9.17, 15) is 0 Å². The van der Waals surface area contributed by atoms with Gasteiger partial charge >= 0.3 is 0 Å². The Hall–Kier alpha value is -0.890. The van der Waals surface area contributed by atoms with Crippen LogP contribution in [0.3, 0.4) is 0 Å². The second kappa shape index (κ2) is 3.01. The fourth-order valence-corrected chi connectivity index (χ4v) is 1.13. The number of hydrogen-bond acceptors (Lipinski definition) is 2. The van der Waals surface area contributed by atoms with Crippen molar-refractivity contribution in [3.05, 3.63) is 22.7 Å². The van der Waals surface area contributed by atoms with Crippen LogP contribution in [0.25, 0.3) is 0 Å². The molecule has 0 amide bonds. The standard InChI is InChI=1S/C8H10ClNO/c1-5-3-4-6(10)8(11-2)7(5)9/h3-4H,10H2,1-2H3. The van der Waals surface area contributed by atoms with Gasteiger partial charge in [-0.25, -0.2) is 0 Å². The highest BCUT2D eigenvalue weighted by molar-refractivity contribution is 6.33. The largest absolute Gasteiger partial charge is 0.493 e. The van der Waals surface area contributed by atoms with Gasteiger partial charge in [0.15, 0.2) is 5.75 Å². The lowest BCUT2D eigenvalue weighted by Gasteiger charge is -2.07. The molecular weight excluding hydrogens is 162 g/mol. The fraction of sp³-hybridized carbons (Fsp3) is 0.250. The number of aryl methyl sites for hydroxylation is 1. The molecule has 0 saturated carbocycles. The molecule has 0 bridgehead atoms. The van der Waals surface area contributed by atoms with Gasteiger partial charge < -0.3 is 10.5 Å². The molecule has 0 spiro atoms. The van der Waals surface area contributed by atoms with Crippen molar-refractivity contribution in [2.45, 2.75) is 6.92 Å². The van der Waals surface area contributed by atoms with Gasteiger partial charge in [-0.2, -0.15) is 0 Å². The predicted molar refractivity (Wildman–Crippen MR) is 47.2 cm³/mol. The van der Waals surface area contributed by atoms with Crippen LogP contribution in [0.2, 0.25) is 5.02 Å². The second-order valence-electron chi connectivity index (χ2n) is 2.32. The number of benzene rings is 1. The summed E-state index contributed by atoms with van der Waals surface area (Å²) in [5.74, 6) is 0.562. The zero-order valence-corrected chi connectivity index (χ0v) is 7.27. The third-order valence-electron chi connectivity index (χ3n) is 1.52. The Morgan fingerprint density at radius 1 is 1.45 bits per heavy atom. The van der Waals surface area contributed by atoms with E-state index in [-0.39, 0.29) is 0 Å². The second-order valence-corrected chi connectivity index (χ2v) is 2.70. The third-order valence-corrected chi connectivity index (χ3v) is 1.99. The number of anilines is 1. The number of nitrogens with two attached hydrogens (primary N) is 1. The molecule has 0 unspecified atom stereocenters. The van der Waals surface area contributed by atoms with Crippen molar-refractivity contribution >= 4 is 17.3 Å². The summed E-state index contributed by atoms with van der Waals surface area (Å²) in [7, 11) is 1.55. The Labute approximate surface area is 70.9 Å². The average molecular weight is 172 g/mol. The summed E-state index contributed by atoms with van der Waals surface area (Å²) in [5, 5.41) is 0.590. The van der Waals surface area contributed by atoms with Crippen molar-refractivity contribution in [1.82, 2.24) is 0 Å². The molecule has 0 fully saturated rings. The number of hydrogen-bond donors (Lipinski definition) is 1. The molecule has 1 aromatic rings. The maximum absolute atomic E-state index is 5.89. The lowest BCUT2D eigenvalue weighted by atomic mass is 10.2. The SMILES string of the molecule is COc1c(N)ccc(C)c1Cl. The van der Waals surface area contributed by atoms with Crippen molar-refractivity contribution in [2.24, 2.45) is 0 Å². The predicted octanol–water partition coefficient (Wildman–Crippen LogP) is 2.24. The minimum atomic E-state index is 0.562. The van der Waals surface area contributed by atoms with Gasteiger partial charge in [0, 0.05) is 0 Å². The number of ether oxygens (including phenoxy) is 1. The van der Waals surface area contributed by atoms with Gasteiger partial charge in [-0.05, 0) is 18.6 Å². The fourth-order valence-electron chi connectivity index (χ4n) is 0.877. The van der Waals surface area contributed by atoms with Gasteiger partial charge in [-0.1, -0.05) is 17.7 Å². The Morgan fingerprint density at radius 2 is 2.09 bits per heavy atom. The van der Waals surface area contributed by atoms with Crippen LogP contribution in [0.15, 0.2) is 12.1 Å². The van der Waals surface area contributed by atoms with Crippen molar-refractivity contribution < 1.29 is 4.74 Å². The quantitative estimate of drug-likeness (QED) is 0.658. The third kappa shape index (κ3) is 1.40. The average Bonchev–Trinajstić information content (AvgIpc) is 1.99. The van der Waals surface area contributed by atoms with Crippen LogP contribution < -0.4 is 10.5 Å². The normalized spacial score (nSPS) is 9.73. The number of halogens is 1. The molecule has 0 heterocycles. The summed E-state index contributed by atoms with van der Waals surface area (Å²) < 4.78 is 5.00. The maximum Gasteiger partial charge on any atom is 0.160 e. The first kappa shape index (κ1) is 8.21. The molecule has 0 radical (unpaired) electrons. The molecule has 0 aromatic heterocycles. The zero-order valence-electron chi connectivity index (χ0n) is 6.52. The van der Waals surface area contributed by atoms with E-state index < -0.39 is 0 Å². The Balaban J connectivity index is 3.29. The first-order valence-corrected chi connectivity index (χ1v) is 3.63. The highest BCUT2D eigenvalue weighted by Gasteiger charge is 2.06. The molecule has 1 aromatic carbocycles. The van der Waals surface area contributed by atoms with Crippen LogP contribution in [0, 0.1) is 6.92 Å². The van der Waals surface area contributed by atoms with Gasteiger partial charge in [0.25, 0.3) is 0 Å². The number of rotatable bonds is 1. The Kier molecular flexibility index (Phi) is 2.25. The van der Waals surface area contributed by atoms with E-state index in [1.807, 2.05) is 13.0 Å². The van der Waals surface area contributed by atoms with Gasteiger partial charge in [0.2, 0.25) is 0 Å². The Bertz CT molecular complexity index is 273. The van der Waals surface area contributed by atoms with Crippen molar-refractivity contribution in [3.63, 3.8) is 0 Å². The molecule has 2 N–H and O–H groups in total. The number of nitrogen functional groups attached to an aromatic ring is 1. The van der Waals surface area contributed by atoms with Gasteiger partial charge in [0.1, 0.15) is 0 Å². The summed E-state index contributed by atoms with van der Waals surface area (Å²) in [5.41, 5.74) is 7.13. The minimum Gasteiger partial charge on any atom is -0.493 e. The van der Waals surface area contributed by atoms with Crippen molar-refractivity contribution in [2.75, 3.05) is 12.8 Å². The van der Waals surface area contributed by atoms with E-state index in [1.54, 1.807) is 13.2 Å². The molecule has 0 atom stereocenters. The summed E-state index contributed by atoms with van der Waals surface area (Å²) in [6, 6.07) is 3.64. The van der Waals surface area contributed by atoms with E-state index >= 15 is 0 Å². The lowest BCUT2D eigenvalue weighted by molar-refractivity contribution is 0.417. The molecule has 60 valence electrons. The highest BCUT2D eigenvalue weighted by atomic mass is 35.5. The number of methoxy groups -OCH3 is 1. The first-order chi connectivity index (χ1) is 5.16. The van der Waals surface area contributed by atoms with E-state index in [4.69, 9.17) is 22.1 Å². The summed E-state index contributed by atoms with van der Waals surface area (Å²) >= 11 is 5.89. The molecule has 0 saturated heterocycles. The molecule has 0 aliphatic heterocycles. The van der Waals surface area contributed by atoms with E-state index in [0.29, 0.717) is 16.5 Å². The molecule has 1 rings (SSSR count). The van der Waals surface area contributed by atoms with Crippen molar-refractivity contribution in [1.29, 1.82) is 0 Å². The van der Waals surface area contributed by atoms with E-state index in [1.165, 1.54) is 0 Å². The molecule has 11 heavy (non-hydrogen) atoms. The topological polar surface area (TPSA) is 35.2 Å². The van der Waals surface area contributed by atoms with Crippen LogP contribution in [-0.4, -0.2) is 7.11 Å². The van der Waals surface area contributed by atoms with E-state index in [0.717, 1.165) is 5.56 Å². The highest BCUT2D eigenvalue weighted by Crippen LogP contribution is 2.32. The molecule has 2 nitrogen and oxygen atoms in total. The summed E-state index contributed by atoms with van der Waals surface area (Å²) in [6.07, 6.45) is 0. The molecular formula is C8H10ClNO. The van der Waals surface area contributed by atoms with Crippen LogP contribution in [0.1, 0.15) is 5.56 Å².